The predicted molar refractivity (Wildman–Crippen MR) is 78.0 cm³/mol. The molecule has 0 radical (unpaired) electrons. The molecule has 6 nitrogen and oxygen atoms in total. The molecule has 2 rings (SSSR count). The van der Waals surface area contributed by atoms with Gasteiger partial charge >= 0.3 is 0 Å². The molecule has 1 aromatic rings. The highest BCUT2D eigenvalue weighted by Gasteiger charge is 2.14. The number of hydrogen-bond donors (Lipinski definition) is 2. The second kappa shape index (κ2) is 7.75. The summed E-state index contributed by atoms with van der Waals surface area (Å²) in [6.45, 7) is 3.36. The molecule has 0 saturated carbocycles. The average molecular weight is 292 g/mol. The molecule has 114 valence electrons. The van der Waals surface area contributed by atoms with Crippen LogP contribution >= 0.6 is 0 Å². The topological polar surface area (TPSA) is 76.7 Å². The molecule has 0 bridgehead atoms. The molecule has 21 heavy (non-hydrogen) atoms. The molecule has 1 aliphatic heterocycles. The fourth-order valence-electron chi connectivity index (χ4n) is 2.02. The molecule has 0 spiro atoms. The van der Waals surface area contributed by atoms with Crippen molar-refractivity contribution in [1.29, 1.82) is 0 Å². The fraction of sp³-hybridized carbons (Fsp3) is 0.467. The van der Waals surface area contributed by atoms with Crippen molar-refractivity contribution < 1.29 is 19.1 Å². The van der Waals surface area contributed by atoms with Crippen LogP contribution in [0.4, 0.5) is 5.69 Å². The first-order valence-electron chi connectivity index (χ1n) is 7.04. The molecule has 0 unspecified atom stereocenters. The second-order valence-electron chi connectivity index (χ2n) is 4.83. The largest absolute Gasteiger partial charge is 0.353 e. The second-order valence-corrected chi connectivity index (χ2v) is 4.83. The Balaban J connectivity index is 1.75. The van der Waals surface area contributed by atoms with E-state index in [1.165, 1.54) is 6.92 Å². The first-order chi connectivity index (χ1) is 10.1. The van der Waals surface area contributed by atoms with Crippen molar-refractivity contribution in [2.75, 3.05) is 25.1 Å². The van der Waals surface area contributed by atoms with Crippen LogP contribution in [0.2, 0.25) is 0 Å². The number of benzene rings is 1. The molecular formula is C15H20N2O4. The van der Waals surface area contributed by atoms with Crippen LogP contribution in [0.25, 0.3) is 0 Å². The van der Waals surface area contributed by atoms with Crippen LogP contribution in [0.3, 0.4) is 0 Å². The van der Waals surface area contributed by atoms with Gasteiger partial charge in [0.05, 0.1) is 13.2 Å². The molecule has 0 atom stereocenters. The summed E-state index contributed by atoms with van der Waals surface area (Å²) < 4.78 is 10.8. The van der Waals surface area contributed by atoms with Gasteiger partial charge in [0.2, 0.25) is 5.91 Å². The minimum absolute atomic E-state index is 0.139. The summed E-state index contributed by atoms with van der Waals surface area (Å²) in [6, 6.07) is 6.75. The van der Waals surface area contributed by atoms with Crippen molar-refractivity contribution in [3.05, 3.63) is 29.8 Å². The van der Waals surface area contributed by atoms with Crippen LogP contribution in [0, 0.1) is 0 Å². The summed E-state index contributed by atoms with van der Waals surface area (Å²) in [6.07, 6.45) is 1.33. The van der Waals surface area contributed by atoms with E-state index in [0.29, 0.717) is 37.4 Å². The minimum Gasteiger partial charge on any atom is -0.353 e. The Labute approximate surface area is 123 Å². The molecule has 1 aliphatic rings. The molecule has 6 heteroatoms. The first kappa shape index (κ1) is 15.5. The Bertz CT molecular complexity index is 481. The molecule has 2 amide bonds. The van der Waals surface area contributed by atoms with Crippen molar-refractivity contribution in [3.63, 3.8) is 0 Å². The predicted octanol–water partition coefficient (Wildman–Crippen LogP) is 1.53. The van der Waals surface area contributed by atoms with Gasteiger partial charge in [0.1, 0.15) is 0 Å². The monoisotopic (exact) mass is 292 g/mol. The van der Waals surface area contributed by atoms with Crippen molar-refractivity contribution in [1.82, 2.24) is 5.32 Å². The Kier molecular flexibility index (Phi) is 5.71. The maximum absolute atomic E-state index is 11.9. The normalized spacial score (nSPS) is 15.5. The standard InChI is InChI=1S/C15H20N2O4/c1-11(18)17-13-5-3-12(4-6-13)15(19)16-8-7-14-20-9-2-10-21-14/h3-6,14H,2,7-10H2,1H3,(H,16,19)(H,17,18). The summed E-state index contributed by atoms with van der Waals surface area (Å²) in [7, 11) is 0. The van der Waals surface area contributed by atoms with Crippen LogP contribution in [0.15, 0.2) is 24.3 Å². The van der Waals surface area contributed by atoms with Gasteiger partial charge in [0, 0.05) is 31.1 Å². The lowest BCUT2D eigenvalue weighted by Crippen LogP contribution is -2.31. The minimum atomic E-state index is -0.221. The maximum atomic E-state index is 11.9. The van der Waals surface area contributed by atoms with Crippen LogP contribution in [-0.4, -0.2) is 37.9 Å². The zero-order chi connectivity index (χ0) is 15.1. The number of amides is 2. The van der Waals surface area contributed by atoms with Crippen LogP contribution < -0.4 is 10.6 Å². The SMILES string of the molecule is CC(=O)Nc1ccc(C(=O)NCCC2OCCCO2)cc1. The van der Waals surface area contributed by atoms with E-state index in [9.17, 15) is 9.59 Å². The highest BCUT2D eigenvalue weighted by atomic mass is 16.7. The third-order valence-electron chi connectivity index (χ3n) is 3.03. The molecule has 0 aromatic heterocycles. The number of rotatable bonds is 5. The van der Waals surface area contributed by atoms with Gasteiger partial charge in [-0.05, 0) is 30.7 Å². The average Bonchev–Trinajstić information content (AvgIpc) is 2.48. The lowest BCUT2D eigenvalue weighted by atomic mass is 10.2. The van der Waals surface area contributed by atoms with Gasteiger partial charge in [-0.25, -0.2) is 0 Å². The zero-order valence-electron chi connectivity index (χ0n) is 12.1. The van der Waals surface area contributed by atoms with Gasteiger partial charge in [0.15, 0.2) is 6.29 Å². The van der Waals surface area contributed by atoms with Gasteiger partial charge < -0.3 is 20.1 Å². The number of nitrogens with one attached hydrogen (secondary N) is 2. The van der Waals surface area contributed by atoms with Gasteiger partial charge in [-0.2, -0.15) is 0 Å². The summed E-state index contributed by atoms with van der Waals surface area (Å²) in [5.41, 5.74) is 1.22. The number of ether oxygens (including phenoxy) is 2. The summed E-state index contributed by atoms with van der Waals surface area (Å²) in [4.78, 5) is 22.8. The van der Waals surface area contributed by atoms with Gasteiger partial charge in [0.25, 0.3) is 5.91 Å². The number of carbonyl (C=O) groups excluding carboxylic acids is 2. The van der Waals surface area contributed by atoms with E-state index in [2.05, 4.69) is 10.6 Å². The molecule has 0 aliphatic carbocycles. The number of anilines is 1. The van der Waals surface area contributed by atoms with Gasteiger partial charge in [-0.1, -0.05) is 0 Å². The van der Waals surface area contributed by atoms with Crippen LogP contribution in [-0.2, 0) is 14.3 Å². The van der Waals surface area contributed by atoms with Crippen molar-refractivity contribution >= 4 is 17.5 Å². The Hall–Kier alpha value is -1.92. The number of carbonyl (C=O) groups is 2. The fourth-order valence-corrected chi connectivity index (χ4v) is 2.02. The molecule has 2 N–H and O–H groups in total. The summed E-state index contributed by atoms with van der Waals surface area (Å²) >= 11 is 0. The van der Waals surface area contributed by atoms with E-state index in [1.54, 1.807) is 24.3 Å². The smallest absolute Gasteiger partial charge is 0.251 e. The van der Waals surface area contributed by atoms with E-state index in [-0.39, 0.29) is 18.1 Å². The lowest BCUT2D eigenvalue weighted by molar-refractivity contribution is -0.180. The van der Waals surface area contributed by atoms with E-state index in [0.717, 1.165) is 6.42 Å². The summed E-state index contributed by atoms with van der Waals surface area (Å²) in [5, 5.41) is 5.47. The first-order valence-corrected chi connectivity index (χ1v) is 7.04. The number of hydrogen-bond acceptors (Lipinski definition) is 4. The third kappa shape index (κ3) is 5.17. The highest BCUT2D eigenvalue weighted by molar-refractivity contribution is 5.95. The lowest BCUT2D eigenvalue weighted by Gasteiger charge is -2.23. The zero-order valence-corrected chi connectivity index (χ0v) is 12.1. The maximum Gasteiger partial charge on any atom is 0.251 e. The summed E-state index contributed by atoms with van der Waals surface area (Å²) in [5.74, 6) is -0.292. The highest BCUT2D eigenvalue weighted by Crippen LogP contribution is 2.10. The molecule has 1 heterocycles. The van der Waals surface area contributed by atoms with Crippen LogP contribution in [0.1, 0.15) is 30.1 Å². The van der Waals surface area contributed by atoms with E-state index in [4.69, 9.17) is 9.47 Å². The molecular weight excluding hydrogens is 272 g/mol. The van der Waals surface area contributed by atoms with Crippen molar-refractivity contribution in [2.45, 2.75) is 26.1 Å². The third-order valence-corrected chi connectivity index (χ3v) is 3.03. The van der Waals surface area contributed by atoms with E-state index < -0.39 is 0 Å². The Morgan fingerprint density at radius 3 is 2.48 bits per heavy atom. The molecule has 1 aromatic carbocycles. The van der Waals surface area contributed by atoms with Gasteiger partial charge in [-0.15, -0.1) is 0 Å². The van der Waals surface area contributed by atoms with Gasteiger partial charge in [-0.3, -0.25) is 9.59 Å². The van der Waals surface area contributed by atoms with E-state index in [1.807, 2.05) is 0 Å². The van der Waals surface area contributed by atoms with Crippen molar-refractivity contribution in [3.8, 4) is 0 Å². The molecule has 1 fully saturated rings. The van der Waals surface area contributed by atoms with Crippen molar-refractivity contribution in [2.24, 2.45) is 0 Å². The van der Waals surface area contributed by atoms with E-state index >= 15 is 0 Å². The van der Waals surface area contributed by atoms with Crippen LogP contribution in [0.5, 0.6) is 0 Å². The molecule has 1 saturated heterocycles. The Morgan fingerprint density at radius 2 is 1.86 bits per heavy atom. The quantitative estimate of drug-likeness (QED) is 0.863. The Morgan fingerprint density at radius 1 is 1.19 bits per heavy atom.